The van der Waals surface area contributed by atoms with Crippen molar-refractivity contribution in [1.82, 2.24) is 9.55 Å². The molecule has 142 valence electrons. The average molecular weight is 436 g/mol. The zero-order valence-corrected chi connectivity index (χ0v) is 19.2. The van der Waals surface area contributed by atoms with Crippen LogP contribution in [0.5, 0.6) is 5.75 Å². The van der Waals surface area contributed by atoms with Gasteiger partial charge < -0.3 is 9.29 Å². The predicted molar refractivity (Wildman–Crippen MR) is 105 cm³/mol. The molecule has 29 heavy (non-hydrogen) atoms. The monoisotopic (exact) mass is 436 g/mol. The summed E-state index contributed by atoms with van der Waals surface area (Å²) < 4.78 is 41.4. The third-order valence-corrected chi connectivity index (χ3v) is 6.11. The van der Waals surface area contributed by atoms with E-state index in [2.05, 4.69) is 4.98 Å². The van der Waals surface area contributed by atoms with Crippen molar-refractivity contribution < 1.29 is 47.3 Å². The van der Waals surface area contributed by atoms with Crippen molar-refractivity contribution in [1.29, 1.82) is 0 Å². The number of benzene rings is 2. The normalized spacial score (nSPS) is 11.2. The summed E-state index contributed by atoms with van der Waals surface area (Å²) in [5, 5.41) is 2.29. The Labute approximate surface area is 192 Å². The molecule has 0 fully saturated rings. The van der Waals surface area contributed by atoms with Crippen molar-refractivity contribution in [2.24, 2.45) is 0 Å². The SMILES string of the molecule is COc1ccc(-n2cnc(=O)c3c(-c4ccccc4)csc32)cc1S(=O)(=O)[O-].[Na+]. The molecule has 0 spiro atoms. The standard InChI is InChI=1S/C19H14N2O5S2.Na/c1-26-15-8-7-13(9-16(15)28(23,24)25)21-11-20-18(22)17-14(10-27-19(17)21)12-5-3-2-4-6-12;/h2-11H,1H3,(H,23,24,25);/q;+1/p-1. The van der Waals surface area contributed by atoms with Crippen LogP contribution in [-0.4, -0.2) is 29.6 Å². The molecule has 0 saturated carbocycles. The number of hydrogen-bond acceptors (Lipinski definition) is 7. The molecular formula is C19H13N2NaO5S2. The number of nitrogens with zero attached hydrogens (tertiary/aromatic N) is 2. The van der Waals surface area contributed by atoms with Crippen molar-refractivity contribution in [3.63, 3.8) is 0 Å². The van der Waals surface area contributed by atoms with Crippen LogP contribution in [-0.2, 0) is 10.1 Å². The summed E-state index contributed by atoms with van der Waals surface area (Å²) in [4.78, 5) is 16.5. The van der Waals surface area contributed by atoms with Gasteiger partial charge >= 0.3 is 29.6 Å². The molecule has 0 atom stereocenters. The number of thiophene rings is 1. The van der Waals surface area contributed by atoms with Gasteiger partial charge in [-0.05, 0) is 23.8 Å². The number of methoxy groups -OCH3 is 1. The first kappa shape index (κ1) is 21.7. The maximum absolute atomic E-state index is 12.5. The Balaban J connectivity index is 0.00000240. The quantitative estimate of drug-likeness (QED) is 0.331. The Morgan fingerprint density at radius 3 is 2.52 bits per heavy atom. The van der Waals surface area contributed by atoms with E-state index < -0.39 is 15.0 Å². The molecule has 0 amide bonds. The minimum atomic E-state index is -4.74. The van der Waals surface area contributed by atoms with Gasteiger partial charge in [-0.1, -0.05) is 30.3 Å². The van der Waals surface area contributed by atoms with E-state index in [4.69, 9.17) is 4.74 Å². The first-order valence-electron chi connectivity index (χ1n) is 8.09. The van der Waals surface area contributed by atoms with Gasteiger partial charge in [-0.3, -0.25) is 9.36 Å². The smallest absolute Gasteiger partial charge is 0.744 e. The van der Waals surface area contributed by atoms with Gasteiger partial charge in [0.05, 0.1) is 17.4 Å². The number of fused-ring (bicyclic) bond motifs is 1. The molecular weight excluding hydrogens is 423 g/mol. The second kappa shape index (κ2) is 8.39. The Hall–Kier alpha value is -2.01. The molecule has 0 saturated heterocycles. The molecule has 0 aliphatic carbocycles. The Morgan fingerprint density at radius 1 is 1.14 bits per heavy atom. The number of rotatable bonds is 4. The van der Waals surface area contributed by atoms with Gasteiger partial charge in [-0.15, -0.1) is 11.3 Å². The van der Waals surface area contributed by atoms with Gasteiger partial charge in [0.25, 0.3) is 5.56 Å². The van der Waals surface area contributed by atoms with Crippen LogP contribution in [0.4, 0.5) is 0 Å². The van der Waals surface area contributed by atoms with Crippen LogP contribution in [0.15, 0.2) is 69.9 Å². The van der Waals surface area contributed by atoms with Crippen LogP contribution < -0.4 is 39.9 Å². The van der Waals surface area contributed by atoms with Gasteiger partial charge in [0.2, 0.25) is 0 Å². The Morgan fingerprint density at radius 2 is 1.86 bits per heavy atom. The van der Waals surface area contributed by atoms with Crippen LogP contribution in [0.25, 0.3) is 27.0 Å². The van der Waals surface area contributed by atoms with E-state index in [1.54, 1.807) is 10.6 Å². The first-order valence-corrected chi connectivity index (χ1v) is 10.4. The van der Waals surface area contributed by atoms with Crippen molar-refractivity contribution in [2.75, 3.05) is 7.11 Å². The topological polar surface area (TPSA) is 101 Å². The number of ether oxygens (including phenoxy) is 1. The average Bonchev–Trinajstić information content (AvgIpc) is 3.14. The molecule has 4 aromatic rings. The molecule has 0 aliphatic heterocycles. The molecule has 0 aliphatic rings. The second-order valence-corrected chi connectivity index (χ2v) is 8.11. The van der Waals surface area contributed by atoms with Gasteiger partial charge in [0, 0.05) is 16.6 Å². The summed E-state index contributed by atoms with van der Waals surface area (Å²) in [6.07, 6.45) is 1.32. The fraction of sp³-hybridized carbons (Fsp3) is 0.0526. The van der Waals surface area contributed by atoms with Gasteiger partial charge in [-0.2, -0.15) is 4.98 Å². The minimum Gasteiger partial charge on any atom is -0.744 e. The van der Waals surface area contributed by atoms with Gasteiger partial charge in [0.1, 0.15) is 27.0 Å². The Bertz CT molecular complexity index is 1350. The molecule has 0 bridgehead atoms. The molecule has 0 radical (unpaired) electrons. The number of aromatic nitrogens is 2. The predicted octanol–water partition coefficient (Wildman–Crippen LogP) is 0.0309. The summed E-state index contributed by atoms with van der Waals surface area (Å²) in [7, 11) is -3.46. The molecule has 0 unspecified atom stereocenters. The second-order valence-electron chi connectivity index (χ2n) is 5.90. The molecule has 4 rings (SSSR count). The number of hydrogen-bond donors (Lipinski definition) is 0. The van der Waals surface area contributed by atoms with Crippen LogP contribution >= 0.6 is 11.3 Å². The molecule has 7 nitrogen and oxygen atoms in total. The zero-order valence-electron chi connectivity index (χ0n) is 15.5. The van der Waals surface area contributed by atoms with Crippen LogP contribution in [0.3, 0.4) is 0 Å². The van der Waals surface area contributed by atoms with Crippen LogP contribution in [0.1, 0.15) is 0 Å². The van der Waals surface area contributed by atoms with Crippen molar-refractivity contribution >= 4 is 31.7 Å². The summed E-state index contributed by atoms with van der Waals surface area (Å²) in [6, 6.07) is 13.6. The van der Waals surface area contributed by atoms with Crippen molar-refractivity contribution in [3.05, 3.63) is 70.6 Å². The van der Waals surface area contributed by atoms with E-state index >= 15 is 0 Å². The van der Waals surface area contributed by atoms with E-state index in [0.717, 1.165) is 11.1 Å². The van der Waals surface area contributed by atoms with E-state index in [1.165, 1.54) is 36.9 Å². The fourth-order valence-corrected chi connectivity index (χ4v) is 4.71. The molecule has 2 aromatic heterocycles. The maximum atomic E-state index is 12.5. The van der Waals surface area contributed by atoms with Crippen molar-refractivity contribution in [2.45, 2.75) is 4.90 Å². The van der Waals surface area contributed by atoms with Gasteiger partial charge in [-0.25, -0.2) is 8.42 Å². The first-order chi connectivity index (χ1) is 13.4. The summed E-state index contributed by atoms with van der Waals surface area (Å²) in [5.41, 5.74) is 1.63. The molecule has 0 N–H and O–H groups in total. The maximum Gasteiger partial charge on any atom is 1.00 e. The molecule has 2 heterocycles. The zero-order chi connectivity index (χ0) is 19.9. The molecule has 10 heteroatoms. The van der Waals surface area contributed by atoms with Crippen molar-refractivity contribution in [3.8, 4) is 22.6 Å². The largest absolute Gasteiger partial charge is 1.00 e. The molecule has 2 aromatic carbocycles. The van der Waals surface area contributed by atoms with Crippen LogP contribution in [0, 0.1) is 0 Å². The van der Waals surface area contributed by atoms with E-state index in [-0.39, 0.29) is 40.9 Å². The van der Waals surface area contributed by atoms with E-state index in [9.17, 15) is 17.8 Å². The van der Waals surface area contributed by atoms with Crippen LogP contribution in [0.2, 0.25) is 0 Å². The van der Waals surface area contributed by atoms with Gasteiger partial charge in [0.15, 0.2) is 0 Å². The van der Waals surface area contributed by atoms with E-state index in [1.807, 2.05) is 35.7 Å². The van der Waals surface area contributed by atoms with E-state index in [0.29, 0.717) is 15.9 Å². The summed E-state index contributed by atoms with van der Waals surface area (Å²) >= 11 is 1.33. The fourth-order valence-electron chi connectivity index (χ4n) is 2.98. The minimum absolute atomic E-state index is 0. The third kappa shape index (κ3) is 4.02. The third-order valence-electron chi connectivity index (χ3n) is 4.27. The summed E-state index contributed by atoms with van der Waals surface area (Å²) in [5.74, 6) is -0.0415. The summed E-state index contributed by atoms with van der Waals surface area (Å²) in [6.45, 7) is 0. The Kier molecular flexibility index (Phi) is 6.27.